The molecule has 7 nitrogen and oxygen atoms in total. The number of likely N-dealkylation sites (tertiary alicyclic amines) is 1. The van der Waals surface area contributed by atoms with Crippen molar-refractivity contribution in [1.82, 2.24) is 9.80 Å². The quantitative estimate of drug-likeness (QED) is 0.859. The fourth-order valence-corrected chi connectivity index (χ4v) is 3.60. The number of hydrogen-bond acceptors (Lipinski definition) is 4. The van der Waals surface area contributed by atoms with Crippen molar-refractivity contribution < 1.29 is 24.2 Å². The Morgan fingerprint density at radius 3 is 2.65 bits per heavy atom. The lowest BCUT2D eigenvalue weighted by molar-refractivity contribution is -0.154. The molecule has 7 heteroatoms. The average molecular weight is 360 g/mol. The summed E-state index contributed by atoms with van der Waals surface area (Å²) in [4.78, 5) is 40.0. The lowest BCUT2D eigenvalue weighted by atomic mass is 9.99. The summed E-state index contributed by atoms with van der Waals surface area (Å²) in [6, 6.07) is 8.65. The third kappa shape index (κ3) is 4.22. The van der Waals surface area contributed by atoms with Gasteiger partial charge >= 0.3 is 5.97 Å². The number of amides is 2. The number of hydrogen-bond donors (Lipinski definition) is 1. The number of carboxylic acid groups (broad SMARTS) is 1. The Morgan fingerprint density at radius 1 is 1.19 bits per heavy atom. The zero-order valence-corrected chi connectivity index (χ0v) is 14.7. The number of carbonyl (C=O) groups is 3. The summed E-state index contributed by atoms with van der Waals surface area (Å²) >= 11 is 0. The third-order valence-corrected chi connectivity index (χ3v) is 4.87. The van der Waals surface area contributed by atoms with Crippen LogP contribution in [0, 0.1) is 0 Å². The Labute approximate surface area is 152 Å². The molecule has 0 bridgehead atoms. The molecule has 0 aromatic heterocycles. The van der Waals surface area contributed by atoms with E-state index in [0.717, 1.165) is 18.4 Å². The van der Waals surface area contributed by atoms with Gasteiger partial charge in [0.2, 0.25) is 11.8 Å². The second-order valence-electron chi connectivity index (χ2n) is 6.73. The maximum Gasteiger partial charge on any atom is 0.306 e. The lowest BCUT2D eigenvalue weighted by Crippen LogP contribution is -2.52. The molecule has 1 aromatic carbocycles. The van der Waals surface area contributed by atoms with E-state index in [1.807, 2.05) is 30.3 Å². The second kappa shape index (κ2) is 8.31. The maximum atomic E-state index is 13.3. The normalized spacial score (nSPS) is 22.2. The third-order valence-electron chi connectivity index (χ3n) is 4.87. The van der Waals surface area contributed by atoms with Gasteiger partial charge in [0, 0.05) is 26.1 Å². The van der Waals surface area contributed by atoms with Crippen LogP contribution in [-0.4, -0.2) is 65.0 Å². The molecule has 3 rings (SSSR count). The summed E-state index contributed by atoms with van der Waals surface area (Å²) in [5, 5.41) is 8.98. The highest BCUT2D eigenvalue weighted by atomic mass is 16.5. The first-order valence-corrected chi connectivity index (χ1v) is 9.03. The molecule has 0 aliphatic carbocycles. The van der Waals surface area contributed by atoms with Gasteiger partial charge < -0.3 is 19.6 Å². The van der Waals surface area contributed by atoms with Crippen LogP contribution >= 0.6 is 0 Å². The van der Waals surface area contributed by atoms with Gasteiger partial charge in [0.05, 0.1) is 19.1 Å². The summed E-state index contributed by atoms with van der Waals surface area (Å²) in [7, 11) is 0. The summed E-state index contributed by atoms with van der Waals surface area (Å²) in [5.74, 6) is -1.12. The van der Waals surface area contributed by atoms with E-state index in [-0.39, 0.29) is 24.8 Å². The van der Waals surface area contributed by atoms with Crippen LogP contribution in [0.15, 0.2) is 30.3 Å². The molecule has 2 saturated heterocycles. The number of benzene rings is 1. The number of nitrogens with zero attached hydrogens (tertiary/aromatic N) is 2. The zero-order chi connectivity index (χ0) is 18.5. The number of ether oxygens (including phenoxy) is 1. The van der Waals surface area contributed by atoms with E-state index in [9.17, 15) is 14.4 Å². The van der Waals surface area contributed by atoms with E-state index >= 15 is 0 Å². The van der Waals surface area contributed by atoms with Gasteiger partial charge in [0.15, 0.2) is 0 Å². The topological polar surface area (TPSA) is 87.2 Å². The van der Waals surface area contributed by atoms with Crippen molar-refractivity contribution in [3.63, 3.8) is 0 Å². The molecule has 2 fully saturated rings. The van der Waals surface area contributed by atoms with Gasteiger partial charge in [-0.1, -0.05) is 30.3 Å². The number of piperidine rings is 1. The van der Waals surface area contributed by atoms with Crippen molar-refractivity contribution >= 4 is 17.8 Å². The van der Waals surface area contributed by atoms with Crippen LogP contribution in [-0.2, 0) is 19.1 Å². The average Bonchev–Trinajstić information content (AvgIpc) is 2.64. The van der Waals surface area contributed by atoms with Crippen LogP contribution < -0.4 is 0 Å². The van der Waals surface area contributed by atoms with Crippen molar-refractivity contribution in [3.8, 4) is 0 Å². The molecule has 2 amide bonds. The highest BCUT2D eigenvalue weighted by Gasteiger charge is 2.37. The molecule has 0 radical (unpaired) electrons. The molecule has 1 N–H and O–H groups in total. The number of rotatable bonds is 5. The van der Waals surface area contributed by atoms with Gasteiger partial charge in [-0.05, 0) is 18.4 Å². The molecular formula is C19H24N2O5. The van der Waals surface area contributed by atoms with Crippen molar-refractivity contribution in [2.75, 3.05) is 26.2 Å². The fraction of sp³-hybridized carbons (Fsp3) is 0.526. The van der Waals surface area contributed by atoms with Crippen LogP contribution in [0.1, 0.15) is 37.3 Å². The van der Waals surface area contributed by atoms with Crippen molar-refractivity contribution in [2.45, 2.75) is 37.8 Å². The Morgan fingerprint density at radius 2 is 1.96 bits per heavy atom. The second-order valence-corrected chi connectivity index (χ2v) is 6.73. The van der Waals surface area contributed by atoms with Gasteiger partial charge in [-0.2, -0.15) is 0 Å². The van der Waals surface area contributed by atoms with Gasteiger partial charge in [-0.3, -0.25) is 14.4 Å². The Kier molecular flexibility index (Phi) is 5.88. The molecule has 0 spiro atoms. The summed E-state index contributed by atoms with van der Waals surface area (Å²) < 4.78 is 5.47. The molecule has 2 aliphatic rings. The Balaban J connectivity index is 1.82. The van der Waals surface area contributed by atoms with Crippen LogP contribution in [0.3, 0.4) is 0 Å². The van der Waals surface area contributed by atoms with Gasteiger partial charge in [0.25, 0.3) is 0 Å². The smallest absolute Gasteiger partial charge is 0.306 e. The molecule has 26 heavy (non-hydrogen) atoms. The summed E-state index contributed by atoms with van der Waals surface area (Å²) in [6.45, 7) is 1.50. The summed E-state index contributed by atoms with van der Waals surface area (Å²) in [6.07, 6.45) is 1.54. The molecule has 0 unspecified atom stereocenters. The predicted molar refractivity (Wildman–Crippen MR) is 93.3 cm³/mol. The minimum absolute atomic E-state index is 0.00574. The van der Waals surface area contributed by atoms with Crippen LogP contribution in [0.25, 0.3) is 0 Å². The maximum absolute atomic E-state index is 13.3. The van der Waals surface area contributed by atoms with E-state index in [1.54, 1.807) is 9.80 Å². The standard InChI is InChI=1S/C19H24N2O5/c22-16-8-4-5-9-21(16)18(14-6-2-1-3-7-14)19(25)20-10-11-26-15(13-20)12-17(23)24/h1-3,6-7,15,18H,4-5,8-13H2,(H,23,24)/t15-,18-/m1/s1. The largest absolute Gasteiger partial charge is 0.481 e. The van der Waals surface area contributed by atoms with E-state index in [2.05, 4.69) is 0 Å². The molecule has 2 aliphatic heterocycles. The molecule has 2 heterocycles. The van der Waals surface area contributed by atoms with E-state index < -0.39 is 18.1 Å². The van der Waals surface area contributed by atoms with E-state index in [0.29, 0.717) is 26.1 Å². The number of carbonyl (C=O) groups excluding carboxylic acids is 2. The monoisotopic (exact) mass is 360 g/mol. The fourth-order valence-electron chi connectivity index (χ4n) is 3.60. The Hall–Kier alpha value is -2.41. The van der Waals surface area contributed by atoms with E-state index in [1.165, 1.54) is 0 Å². The van der Waals surface area contributed by atoms with E-state index in [4.69, 9.17) is 9.84 Å². The molecular weight excluding hydrogens is 336 g/mol. The van der Waals surface area contributed by atoms with Gasteiger partial charge in [-0.15, -0.1) is 0 Å². The first kappa shape index (κ1) is 18.4. The summed E-state index contributed by atoms with van der Waals surface area (Å²) in [5.41, 5.74) is 0.786. The first-order valence-electron chi connectivity index (χ1n) is 9.03. The van der Waals surface area contributed by atoms with Crippen molar-refractivity contribution in [1.29, 1.82) is 0 Å². The molecule has 2 atom stereocenters. The van der Waals surface area contributed by atoms with Gasteiger partial charge in [-0.25, -0.2) is 0 Å². The van der Waals surface area contributed by atoms with Gasteiger partial charge in [0.1, 0.15) is 6.04 Å². The van der Waals surface area contributed by atoms with Crippen molar-refractivity contribution in [3.05, 3.63) is 35.9 Å². The minimum Gasteiger partial charge on any atom is -0.481 e. The zero-order valence-electron chi connectivity index (χ0n) is 14.7. The number of carboxylic acids is 1. The molecule has 140 valence electrons. The van der Waals surface area contributed by atoms with Crippen LogP contribution in [0.2, 0.25) is 0 Å². The number of aliphatic carboxylic acids is 1. The lowest BCUT2D eigenvalue weighted by Gasteiger charge is -2.39. The predicted octanol–water partition coefficient (Wildman–Crippen LogP) is 1.44. The molecule has 1 aromatic rings. The first-order chi connectivity index (χ1) is 12.6. The number of morpholine rings is 1. The minimum atomic E-state index is -0.949. The molecule has 0 saturated carbocycles. The highest BCUT2D eigenvalue weighted by molar-refractivity contribution is 5.89. The van der Waals surface area contributed by atoms with Crippen LogP contribution in [0.4, 0.5) is 0 Å². The van der Waals surface area contributed by atoms with Crippen molar-refractivity contribution in [2.24, 2.45) is 0 Å². The van der Waals surface area contributed by atoms with Crippen LogP contribution in [0.5, 0.6) is 0 Å². The Bertz CT molecular complexity index is 663. The highest BCUT2D eigenvalue weighted by Crippen LogP contribution is 2.28. The SMILES string of the molecule is O=C(O)C[C@@H]1CN(C(=O)[C@@H](c2ccccc2)N2CCCCC2=O)CCO1.